The van der Waals surface area contributed by atoms with Crippen molar-refractivity contribution in [1.29, 1.82) is 0 Å². The van der Waals surface area contributed by atoms with Crippen molar-refractivity contribution in [3.63, 3.8) is 0 Å². The van der Waals surface area contributed by atoms with E-state index in [2.05, 4.69) is 16.0 Å². The Kier molecular flexibility index (Phi) is 8.15. The summed E-state index contributed by atoms with van der Waals surface area (Å²) >= 11 is 0. The number of benzene rings is 1. The topological polar surface area (TPSA) is 70.2 Å². The van der Waals surface area contributed by atoms with Crippen molar-refractivity contribution < 1.29 is 14.0 Å². The lowest BCUT2D eigenvalue weighted by Gasteiger charge is -2.23. The standard InChI is InChI=1S/C17H24FN3O2.ClH/c1-11(2)15(17(23)20-10-12-6-5-9-19-12)21-16(22)13-7-3-4-8-14(13)18;/h3-4,7-8,11-12,15,19H,5-6,9-10H2,1-2H3,(H,20,23)(H,21,22);1H. The third-order valence-electron chi connectivity index (χ3n) is 4.04. The van der Waals surface area contributed by atoms with Gasteiger partial charge in [-0.25, -0.2) is 4.39 Å². The molecule has 1 saturated heterocycles. The zero-order valence-electron chi connectivity index (χ0n) is 14.0. The summed E-state index contributed by atoms with van der Waals surface area (Å²) in [5, 5.41) is 8.81. The fourth-order valence-electron chi connectivity index (χ4n) is 2.66. The average molecular weight is 358 g/mol. The zero-order chi connectivity index (χ0) is 16.8. The first-order valence-electron chi connectivity index (χ1n) is 8.05. The minimum Gasteiger partial charge on any atom is -0.353 e. The Morgan fingerprint density at radius 3 is 2.62 bits per heavy atom. The molecular formula is C17H25ClFN3O2. The molecule has 2 atom stereocenters. The molecule has 7 heteroatoms. The molecule has 24 heavy (non-hydrogen) atoms. The van der Waals surface area contributed by atoms with E-state index in [1.807, 2.05) is 13.8 Å². The summed E-state index contributed by atoms with van der Waals surface area (Å²) in [7, 11) is 0. The molecule has 1 aromatic carbocycles. The number of amides is 2. The van der Waals surface area contributed by atoms with Crippen LogP contribution in [0, 0.1) is 11.7 Å². The van der Waals surface area contributed by atoms with E-state index in [1.54, 1.807) is 6.07 Å². The minimum atomic E-state index is -0.691. The smallest absolute Gasteiger partial charge is 0.254 e. The van der Waals surface area contributed by atoms with E-state index in [0.717, 1.165) is 19.4 Å². The Morgan fingerprint density at radius 1 is 1.33 bits per heavy atom. The van der Waals surface area contributed by atoms with Gasteiger partial charge in [0, 0.05) is 12.6 Å². The highest BCUT2D eigenvalue weighted by molar-refractivity contribution is 5.97. The number of hydrogen-bond donors (Lipinski definition) is 3. The van der Waals surface area contributed by atoms with Gasteiger partial charge in [-0.2, -0.15) is 0 Å². The van der Waals surface area contributed by atoms with Gasteiger partial charge < -0.3 is 16.0 Å². The summed E-state index contributed by atoms with van der Waals surface area (Å²) < 4.78 is 13.7. The molecule has 2 rings (SSSR count). The zero-order valence-corrected chi connectivity index (χ0v) is 14.8. The van der Waals surface area contributed by atoms with Crippen molar-refractivity contribution in [2.75, 3.05) is 13.1 Å². The summed E-state index contributed by atoms with van der Waals surface area (Å²) in [5.74, 6) is -1.50. The maximum Gasteiger partial charge on any atom is 0.254 e. The molecule has 3 N–H and O–H groups in total. The van der Waals surface area contributed by atoms with Crippen molar-refractivity contribution in [2.45, 2.75) is 38.8 Å². The van der Waals surface area contributed by atoms with Crippen LogP contribution in [0.5, 0.6) is 0 Å². The molecule has 1 aromatic rings. The fraction of sp³-hybridized carbons (Fsp3) is 0.529. The molecule has 5 nitrogen and oxygen atoms in total. The Balaban J connectivity index is 0.00000288. The van der Waals surface area contributed by atoms with E-state index in [-0.39, 0.29) is 35.8 Å². The van der Waals surface area contributed by atoms with E-state index in [4.69, 9.17) is 0 Å². The first-order chi connectivity index (χ1) is 11.0. The van der Waals surface area contributed by atoms with Crippen molar-refractivity contribution in [3.05, 3.63) is 35.6 Å². The van der Waals surface area contributed by atoms with E-state index < -0.39 is 17.8 Å². The van der Waals surface area contributed by atoms with Crippen LogP contribution in [-0.4, -0.2) is 37.0 Å². The van der Waals surface area contributed by atoms with Gasteiger partial charge in [0.2, 0.25) is 5.91 Å². The Hall–Kier alpha value is -1.66. The summed E-state index contributed by atoms with van der Waals surface area (Å²) in [6.45, 7) is 5.20. The van der Waals surface area contributed by atoms with Crippen LogP contribution in [0.4, 0.5) is 4.39 Å². The lowest BCUT2D eigenvalue weighted by atomic mass is 10.0. The van der Waals surface area contributed by atoms with Gasteiger partial charge in [0.1, 0.15) is 11.9 Å². The van der Waals surface area contributed by atoms with E-state index in [1.165, 1.54) is 18.2 Å². The molecule has 0 bridgehead atoms. The highest BCUT2D eigenvalue weighted by Gasteiger charge is 2.26. The summed E-state index contributed by atoms with van der Waals surface area (Å²) in [6.07, 6.45) is 2.15. The van der Waals surface area contributed by atoms with Crippen LogP contribution in [-0.2, 0) is 4.79 Å². The van der Waals surface area contributed by atoms with Gasteiger partial charge >= 0.3 is 0 Å². The molecule has 0 saturated carbocycles. The molecule has 1 aliphatic rings. The quantitative estimate of drug-likeness (QED) is 0.728. The third kappa shape index (κ3) is 5.46. The lowest BCUT2D eigenvalue weighted by molar-refractivity contribution is -0.124. The van der Waals surface area contributed by atoms with Crippen LogP contribution in [0.25, 0.3) is 0 Å². The molecule has 0 aliphatic carbocycles. The second-order valence-corrected chi connectivity index (χ2v) is 6.21. The summed E-state index contributed by atoms with van der Waals surface area (Å²) in [4.78, 5) is 24.5. The molecule has 0 radical (unpaired) electrons. The van der Waals surface area contributed by atoms with E-state index >= 15 is 0 Å². The number of carbonyl (C=O) groups is 2. The van der Waals surface area contributed by atoms with Crippen molar-refractivity contribution in [1.82, 2.24) is 16.0 Å². The van der Waals surface area contributed by atoms with Gasteiger partial charge in [-0.1, -0.05) is 26.0 Å². The Labute approximate surface area is 148 Å². The van der Waals surface area contributed by atoms with Crippen molar-refractivity contribution in [3.8, 4) is 0 Å². The Morgan fingerprint density at radius 2 is 2.04 bits per heavy atom. The normalized spacial score (nSPS) is 17.9. The van der Waals surface area contributed by atoms with Crippen LogP contribution in [0.15, 0.2) is 24.3 Å². The van der Waals surface area contributed by atoms with Crippen molar-refractivity contribution in [2.24, 2.45) is 5.92 Å². The molecule has 0 aromatic heterocycles. The second-order valence-electron chi connectivity index (χ2n) is 6.21. The van der Waals surface area contributed by atoms with Gasteiger partial charge in [0.05, 0.1) is 5.56 Å². The van der Waals surface area contributed by atoms with Crippen LogP contribution < -0.4 is 16.0 Å². The molecule has 2 amide bonds. The Bertz CT molecular complexity index is 563. The van der Waals surface area contributed by atoms with E-state index in [9.17, 15) is 14.0 Å². The molecule has 2 unspecified atom stereocenters. The number of hydrogen-bond acceptors (Lipinski definition) is 3. The monoisotopic (exact) mass is 357 g/mol. The first kappa shape index (κ1) is 20.4. The maximum absolute atomic E-state index is 13.7. The predicted molar refractivity (Wildman–Crippen MR) is 93.8 cm³/mol. The number of rotatable bonds is 6. The van der Waals surface area contributed by atoms with Crippen LogP contribution in [0.1, 0.15) is 37.0 Å². The fourth-order valence-corrected chi connectivity index (χ4v) is 2.66. The molecule has 1 fully saturated rings. The van der Waals surface area contributed by atoms with Gasteiger partial charge in [-0.3, -0.25) is 9.59 Å². The largest absolute Gasteiger partial charge is 0.353 e. The van der Waals surface area contributed by atoms with Gasteiger partial charge in [0.15, 0.2) is 0 Å². The van der Waals surface area contributed by atoms with Crippen LogP contribution in [0.2, 0.25) is 0 Å². The molecular weight excluding hydrogens is 333 g/mol. The molecule has 1 heterocycles. The maximum atomic E-state index is 13.7. The summed E-state index contributed by atoms with van der Waals surface area (Å²) in [6, 6.07) is 5.34. The van der Waals surface area contributed by atoms with Gasteiger partial charge in [-0.15, -0.1) is 12.4 Å². The van der Waals surface area contributed by atoms with Crippen molar-refractivity contribution >= 4 is 24.2 Å². The lowest BCUT2D eigenvalue weighted by Crippen LogP contribution is -2.51. The van der Waals surface area contributed by atoms with E-state index in [0.29, 0.717) is 6.54 Å². The van der Waals surface area contributed by atoms with Crippen LogP contribution >= 0.6 is 12.4 Å². The number of carbonyl (C=O) groups excluding carboxylic acids is 2. The molecule has 134 valence electrons. The SMILES string of the molecule is CC(C)C(NC(=O)c1ccccc1F)C(=O)NCC1CCCN1.Cl. The molecule has 0 spiro atoms. The summed E-state index contributed by atoms with van der Waals surface area (Å²) in [5.41, 5.74) is -0.0524. The third-order valence-corrected chi connectivity index (χ3v) is 4.04. The minimum absolute atomic E-state index is 0. The number of halogens is 2. The van der Waals surface area contributed by atoms with Crippen LogP contribution in [0.3, 0.4) is 0 Å². The van der Waals surface area contributed by atoms with Gasteiger partial charge in [-0.05, 0) is 37.4 Å². The molecule has 1 aliphatic heterocycles. The predicted octanol–water partition coefficient (Wildman–Crippen LogP) is 1.87. The average Bonchev–Trinajstić information content (AvgIpc) is 3.03. The highest BCUT2D eigenvalue weighted by atomic mass is 35.5. The first-order valence-corrected chi connectivity index (χ1v) is 8.05. The second kappa shape index (κ2) is 9.59. The number of nitrogens with one attached hydrogen (secondary N) is 3. The van der Waals surface area contributed by atoms with Gasteiger partial charge in [0.25, 0.3) is 5.91 Å². The highest BCUT2D eigenvalue weighted by Crippen LogP contribution is 2.09.